The fraction of sp³-hybridized carbons (Fsp3) is 0.300. The molecule has 122 valence electrons. The van der Waals surface area contributed by atoms with Crippen LogP contribution in [-0.4, -0.2) is 16.7 Å². The van der Waals surface area contributed by atoms with Gasteiger partial charge in [-0.15, -0.1) is 0 Å². The zero-order valence-electron chi connectivity index (χ0n) is 14.1. The Morgan fingerprint density at radius 1 is 0.696 bits per heavy atom. The van der Waals surface area contributed by atoms with Crippen molar-refractivity contribution in [3.63, 3.8) is 0 Å². The number of carbonyl (C=O) groups is 2. The lowest BCUT2D eigenvalue weighted by Gasteiger charge is -2.02. The van der Waals surface area contributed by atoms with Gasteiger partial charge in [0.25, 0.3) is 0 Å². The molecule has 0 radical (unpaired) electrons. The van der Waals surface area contributed by atoms with Crippen molar-refractivity contribution >= 4 is 11.6 Å². The van der Waals surface area contributed by atoms with E-state index in [9.17, 15) is 9.59 Å². The van der Waals surface area contributed by atoms with E-state index in [1.54, 1.807) is 12.1 Å². The molecular weight excluding hydrogens is 288 g/mol. The minimum atomic E-state index is 0.00884. The Hall–Kier alpha value is -2.42. The van der Waals surface area contributed by atoms with Crippen LogP contribution in [0.5, 0.6) is 5.75 Å². The zero-order valence-corrected chi connectivity index (χ0v) is 14.1. The van der Waals surface area contributed by atoms with Crippen molar-refractivity contribution in [2.24, 2.45) is 11.8 Å². The molecule has 0 bridgehead atoms. The van der Waals surface area contributed by atoms with E-state index in [1.807, 2.05) is 58.0 Å². The number of phenolic OH excluding ortho intramolecular Hbond substituents is 1. The van der Waals surface area contributed by atoms with Crippen LogP contribution in [0.25, 0.3) is 0 Å². The third-order valence-corrected chi connectivity index (χ3v) is 3.26. The average Bonchev–Trinajstić information content (AvgIpc) is 2.55. The van der Waals surface area contributed by atoms with Gasteiger partial charge in [-0.25, -0.2) is 0 Å². The normalized spacial score (nSPS) is 10.2. The number of aromatic hydroxyl groups is 1. The molecule has 0 aliphatic carbocycles. The van der Waals surface area contributed by atoms with Gasteiger partial charge in [0.05, 0.1) is 0 Å². The number of benzene rings is 2. The van der Waals surface area contributed by atoms with Crippen molar-refractivity contribution in [3.8, 4) is 5.75 Å². The molecule has 0 aromatic heterocycles. The van der Waals surface area contributed by atoms with E-state index < -0.39 is 0 Å². The first kappa shape index (κ1) is 18.6. The molecular formula is C20H24O3. The first-order chi connectivity index (χ1) is 10.8. The first-order valence-corrected chi connectivity index (χ1v) is 7.75. The Bertz CT molecular complexity index is 626. The Morgan fingerprint density at radius 3 is 1.48 bits per heavy atom. The third-order valence-electron chi connectivity index (χ3n) is 3.26. The Kier molecular flexibility index (Phi) is 7.20. The molecule has 0 heterocycles. The predicted octanol–water partition coefficient (Wildman–Crippen LogP) is 4.76. The van der Waals surface area contributed by atoms with E-state index in [1.165, 1.54) is 12.1 Å². The standard InChI is InChI=1S/C10H12O2.C10H12O/c1-7(2)10(12)8-3-5-9(11)6-4-8;1-8(2)10(11)9-6-4-3-5-7-9/h3-7,11H,1-2H3;3-8H,1-2H3. The molecule has 3 nitrogen and oxygen atoms in total. The molecule has 0 fully saturated rings. The van der Waals surface area contributed by atoms with Crippen molar-refractivity contribution in [2.45, 2.75) is 27.7 Å². The lowest BCUT2D eigenvalue weighted by molar-refractivity contribution is 0.0932. The molecule has 1 N–H and O–H groups in total. The van der Waals surface area contributed by atoms with Gasteiger partial charge in [0, 0.05) is 23.0 Å². The topological polar surface area (TPSA) is 54.4 Å². The molecule has 2 rings (SSSR count). The average molecular weight is 312 g/mol. The van der Waals surface area contributed by atoms with Gasteiger partial charge in [-0.05, 0) is 24.3 Å². The summed E-state index contributed by atoms with van der Waals surface area (Å²) in [6.07, 6.45) is 0. The Morgan fingerprint density at radius 2 is 1.09 bits per heavy atom. The summed E-state index contributed by atoms with van der Waals surface area (Å²) in [4.78, 5) is 22.7. The highest BCUT2D eigenvalue weighted by molar-refractivity contribution is 5.97. The number of hydrogen-bond acceptors (Lipinski definition) is 3. The minimum Gasteiger partial charge on any atom is -0.508 e. The largest absolute Gasteiger partial charge is 0.508 e. The lowest BCUT2D eigenvalue weighted by atomic mass is 10.0. The van der Waals surface area contributed by atoms with Gasteiger partial charge in [0.2, 0.25) is 0 Å². The number of carbonyl (C=O) groups excluding carboxylic acids is 2. The van der Waals surface area contributed by atoms with Crippen LogP contribution in [0.1, 0.15) is 48.4 Å². The quantitative estimate of drug-likeness (QED) is 0.828. The number of phenols is 1. The number of rotatable bonds is 4. The summed E-state index contributed by atoms with van der Waals surface area (Å²) in [5, 5.41) is 8.97. The monoisotopic (exact) mass is 312 g/mol. The van der Waals surface area contributed by atoms with Crippen molar-refractivity contribution in [3.05, 3.63) is 65.7 Å². The first-order valence-electron chi connectivity index (χ1n) is 7.75. The van der Waals surface area contributed by atoms with Crippen LogP contribution in [-0.2, 0) is 0 Å². The van der Waals surface area contributed by atoms with E-state index in [0.29, 0.717) is 5.56 Å². The molecule has 3 heteroatoms. The van der Waals surface area contributed by atoms with Gasteiger partial charge in [-0.3, -0.25) is 9.59 Å². The van der Waals surface area contributed by atoms with E-state index in [4.69, 9.17) is 5.11 Å². The van der Waals surface area contributed by atoms with Gasteiger partial charge in [-0.2, -0.15) is 0 Å². The van der Waals surface area contributed by atoms with Gasteiger partial charge < -0.3 is 5.11 Å². The van der Waals surface area contributed by atoms with Crippen LogP contribution < -0.4 is 0 Å². The van der Waals surface area contributed by atoms with Gasteiger partial charge in [0.1, 0.15) is 5.75 Å². The molecule has 0 saturated heterocycles. The smallest absolute Gasteiger partial charge is 0.165 e. The van der Waals surface area contributed by atoms with E-state index >= 15 is 0 Å². The molecule has 0 aliphatic heterocycles. The molecule has 0 saturated carbocycles. The van der Waals surface area contributed by atoms with E-state index in [-0.39, 0.29) is 29.2 Å². The summed E-state index contributed by atoms with van der Waals surface area (Å²) >= 11 is 0. The maximum absolute atomic E-state index is 11.4. The van der Waals surface area contributed by atoms with Crippen molar-refractivity contribution in [1.82, 2.24) is 0 Å². The molecule has 23 heavy (non-hydrogen) atoms. The van der Waals surface area contributed by atoms with E-state index in [2.05, 4.69) is 0 Å². The van der Waals surface area contributed by atoms with E-state index in [0.717, 1.165) is 5.56 Å². The van der Waals surface area contributed by atoms with Gasteiger partial charge in [-0.1, -0.05) is 58.0 Å². The summed E-state index contributed by atoms with van der Waals surface area (Å²) < 4.78 is 0. The summed E-state index contributed by atoms with van der Waals surface area (Å²) in [6, 6.07) is 15.7. The van der Waals surface area contributed by atoms with Crippen LogP contribution in [0.15, 0.2) is 54.6 Å². The molecule has 0 spiro atoms. The molecule has 2 aromatic rings. The molecule has 0 atom stereocenters. The summed E-state index contributed by atoms with van der Waals surface area (Å²) in [5.74, 6) is 0.614. The lowest BCUT2D eigenvalue weighted by Crippen LogP contribution is -2.06. The maximum Gasteiger partial charge on any atom is 0.165 e. The summed E-state index contributed by atoms with van der Waals surface area (Å²) in [5.41, 5.74) is 1.46. The van der Waals surface area contributed by atoms with Gasteiger partial charge >= 0.3 is 0 Å². The van der Waals surface area contributed by atoms with Crippen molar-refractivity contribution in [2.75, 3.05) is 0 Å². The second-order valence-electron chi connectivity index (χ2n) is 5.95. The van der Waals surface area contributed by atoms with Crippen molar-refractivity contribution in [1.29, 1.82) is 0 Å². The fourth-order valence-electron chi connectivity index (χ4n) is 1.89. The highest BCUT2D eigenvalue weighted by Crippen LogP contribution is 2.13. The molecule has 2 aromatic carbocycles. The van der Waals surface area contributed by atoms with Crippen LogP contribution in [0.4, 0.5) is 0 Å². The highest BCUT2D eigenvalue weighted by atomic mass is 16.3. The summed E-state index contributed by atoms with van der Waals surface area (Å²) in [7, 11) is 0. The Labute approximate surface area is 138 Å². The number of hydrogen-bond donors (Lipinski definition) is 1. The maximum atomic E-state index is 11.4. The Balaban J connectivity index is 0.000000231. The SMILES string of the molecule is CC(C)C(=O)c1ccc(O)cc1.CC(C)C(=O)c1ccccc1. The fourth-order valence-corrected chi connectivity index (χ4v) is 1.89. The van der Waals surface area contributed by atoms with Crippen LogP contribution in [0.2, 0.25) is 0 Å². The zero-order chi connectivity index (χ0) is 17.4. The molecule has 0 amide bonds. The van der Waals surface area contributed by atoms with Crippen molar-refractivity contribution < 1.29 is 14.7 Å². The van der Waals surface area contributed by atoms with Gasteiger partial charge in [0.15, 0.2) is 11.6 Å². The molecule has 0 aliphatic rings. The minimum absolute atomic E-state index is 0.00884. The van der Waals surface area contributed by atoms with Crippen LogP contribution in [0.3, 0.4) is 0 Å². The van der Waals surface area contributed by atoms with Crippen LogP contribution >= 0.6 is 0 Å². The van der Waals surface area contributed by atoms with Crippen LogP contribution in [0, 0.1) is 11.8 Å². The highest BCUT2D eigenvalue weighted by Gasteiger charge is 2.09. The molecule has 0 unspecified atom stereocenters. The second kappa shape index (κ2) is 8.89. The second-order valence-corrected chi connectivity index (χ2v) is 5.95. The number of Topliss-reactive ketones (excluding diaryl/α,β-unsaturated/α-hetero) is 2. The number of ketones is 2. The third kappa shape index (κ3) is 6.07. The predicted molar refractivity (Wildman–Crippen MR) is 92.9 cm³/mol. The summed E-state index contributed by atoms with van der Waals surface area (Å²) in [6.45, 7) is 7.54.